The minimum absolute atomic E-state index is 0.324. The van der Waals surface area contributed by atoms with E-state index in [1.807, 2.05) is 24.3 Å². The molecule has 18 heavy (non-hydrogen) atoms. The second-order valence-corrected chi connectivity index (χ2v) is 5.40. The average Bonchev–Trinajstić information content (AvgIpc) is 2.32. The van der Waals surface area contributed by atoms with Crippen LogP contribution in [0.3, 0.4) is 0 Å². The van der Waals surface area contributed by atoms with Gasteiger partial charge in [-0.05, 0) is 35.7 Å². The Kier molecular flexibility index (Phi) is 4.36. The van der Waals surface area contributed by atoms with E-state index in [2.05, 4.69) is 15.9 Å². The number of benzene rings is 2. The van der Waals surface area contributed by atoms with Crippen LogP contribution in [0.5, 0.6) is 0 Å². The fourth-order valence-electron chi connectivity index (χ4n) is 1.70. The van der Waals surface area contributed by atoms with Gasteiger partial charge in [0.15, 0.2) is 0 Å². The van der Waals surface area contributed by atoms with E-state index in [0.717, 1.165) is 16.1 Å². The predicted molar refractivity (Wildman–Crippen MR) is 72.8 cm³/mol. The topological polar surface area (TPSA) is 0 Å². The van der Waals surface area contributed by atoms with E-state index in [1.54, 1.807) is 0 Å². The molecule has 1 unspecified atom stereocenters. The van der Waals surface area contributed by atoms with Crippen molar-refractivity contribution in [2.75, 3.05) is 0 Å². The lowest BCUT2D eigenvalue weighted by Crippen LogP contribution is -1.99. The third kappa shape index (κ3) is 3.30. The lowest BCUT2D eigenvalue weighted by molar-refractivity contribution is 0.570. The largest absolute Gasteiger partial charge is 0.207 e. The van der Waals surface area contributed by atoms with Gasteiger partial charge in [0.2, 0.25) is 0 Å². The fraction of sp³-hybridized carbons (Fsp3) is 0.143. The first-order valence-corrected chi connectivity index (χ1v) is 6.62. The third-order valence-electron chi connectivity index (χ3n) is 2.62. The molecule has 1 atom stereocenters. The zero-order valence-corrected chi connectivity index (χ0v) is 11.7. The van der Waals surface area contributed by atoms with Gasteiger partial charge in [0.1, 0.15) is 11.6 Å². The second kappa shape index (κ2) is 5.81. The van der Waals surface area contributed by atoms with Crippen LogP contribution in [0.25, 0.3) is 0 Å². The van der Waals surface area contributed by atoms with Crippen LogP contribution in [-0.2, 0) is 6.42 Å². The SMILES string of the molecule is Fc1ccc(CC(Cl)c2cccc(Br)c2)c(F)c1. The Balaban J connectivity index is 2.18. The summed E-state index contributed by atoms with van der Waals surface area (Å²) < 4.78 is 27.2. The van der Waals surface area contributed by atoms with Gasteiger partial charge in [-0.25, -0.2) is 8.78 Å². The maximum atomic E-state index is 13.5. The zero-order valence-electron chi connectivity index (χ0n) is 9.34. The first-order valence-electron chi connectivity index (χ1n) is 5.40. The van der Waals surface area contributed by atoms with Gasteiger partial charge in [0.05, 0.1) is 5.38 Å². The summed E-state index contributed by atoms with van der Waals surface area (Å²) >= 11 is 9.60. The Bertz CT molecular complexity index is 557. The molecule has 2 aromatic rings. The lowest BCUT2D eigenvalue weighted by atomic mass is 10.0. The maximum absolute atomic E-state index is 13.5. The van der Waals surface area contributed by atoms with E-state index in [-0.39, 0.29) is 5.38 Å². The van der Waals surface area contributed by atoms with Crippen molar-refractivity contribution in [3.8, 4) is 0 Å². The van der Waals surface area contributed by atoms with E-state index in [9.17, 15) is 8.78 Å². The Morgan fingerprint density at radius 1 is 1.11 bits per heavy atom. The van der Waals surface area contributed by atoms with E-state index >= 15 is 0 Å². The van der Waals surface area contributed by atoms with Gasteiger partial charge >= 0.3 is 0 Å². The van der Waals surface area contributed by atoms with Crippen molar-refractivity contribution in [1.82, 2.24) is 0 Å². The predicted octanol–water partition coefficient (Wildman–Crippen LogP) is 5.25. The molecular weight excluding hydrogens is 322 g/mol. The van der Waals surface area contributed by atoms with Crippen LogP contribution < -0.4 is 0 Å². The molecule has 0 amide bonds. The molecule has 0 aliphatic heterocycles. The summed E-state index contributed by atoms with van der Waals surface area (Å²) in [6, 6.07) is 11.1. The highest BCUT2D eigenvalue weighted by atomic mass is 79.9. The molecule has 0 aromatic heterocycles. The van der Waals surface area contributed by atoms with Gasteiger partial charge in [-0.15, -0.1) is 11.6 Å². The monoisotopic (exact) mass is 330 g/mol. The highest BCUT2D eigenvalue weighted by molar-refractivity contribution is 9.10. The van der Waals surface area contributed by atoms with Gasteiger partial charge in [0.25, 0.3) is 0 Å². The molecule has 0 spiro atoms. The van der Waals surface area contributed by atoms with Gasteiger partial charge < -0.3 is 0 Å². The van der Waals surface area contributed by atoms with Crippen molar-refractivity contribution in [3.05, 3.63) is 69.7 Å². The van der Waals surface area contributed by atoms with Crippen LogP contribution >= 0.6 is 27.5 Å². The van der Waals surface area contributed by atoms with Crippen LogP contribution in [-0.4, -0.2) is 0 Å². The Hall–Kier alpha value is -0.930. The van der Waals surface area contributed by atoms with Crippen molar-refractivity contribution in [2.24, 2.45) is 0 Å². The number of hydrogen-bond donors (Lipinski definition) is 0. The molecule has 0 fully saturated rings. The van der Waals surface area contributed by atoms with E-state index in [4.69, 9.17) is 11.6 Å². The first kappa shape index (κ1) is 13.5. The summed E-state index contributed by atoms with van der Waals surface area (Å²) in [5.74, 6) is -1.14. The standard InChI is InChI=1S/C14H10BrClF2/c15-11-3-1-2-9(6-11)13(16)7-10-4-5-12(17)8-14(10)18/h1-6,8,13H,7H2. The van der Waals surface area contributed by atoms with Crippen molar-refractivity contribution in [2.45, 2.75) is 11.8 Å². The van der Waals surface area contributed by atoms with Crippen molar-refractivity contribution in [3.63, 3.8) is 0 Å². The Morgan fingerprint density at radius 3 is 2.56 bits per heavy atom. The minimum Gasteiger partial charge on any atom is -0.207 e. The highest BCUT2D eigenvalue weighted by Crippen LogP contribution is 2.28. The van der Waals surface area contributed by atoms with Gasteiger partial charge in [-0.1, -0.05) is 34.1 Å². The summed E-state index contributed by atoms with van der Waals surface area (Å²) in [7, 11) is 0. The van der Waals surface area contributed by atoms with E-state index in [0.29, 0.717) is 12.0 Å². The van der Waals surface area contributed by atoms with Crippen LogP contribution in [0.15, 0.2) is 46.9 Å². The third-order valence-corrected chi connectivity index (χ3v) is 3.52. The zero-order chi connectivity index (χ0) is 13.1. The van der Waals surface area contributed by atoms with Crippen molar-refractivity contribution < 1.29 is 8.78 Å². The number of hydrogen-bond acceptors (Lipinski definition) is 0. The molecule has 0 saturated carbocycles. The molecule has 0 heterocycles. The molecule has 0 saturated heterocycles. The van der Waals surface area contributed by atoms with Crippen molar-refractivity contribution >= 4 is 27.5 Å². The molecule has 2 aromatic carbocycles. The number of rotatable bonds is 3. The van der Waals surface area contributed by atoms with Crippen molar-refractivity contribution in [1.29, 1.82) is 0 Å². The minimum atomic E-state index is -0.579. The van der Waals surface area contributed by atoms with Crippen LogP contribution in [0.4, 0.5) is 8.78 Å². The molecule has 0 radical (unpaired) electrons. The molecule has 0 N–H and O–H groups in total. The van der Waals surface area contributed by atoms with Crippen LogP contribution in [0, 0.1) is 11.6 Å². The number of halogens is 4. The fourth-order valence-corrected chi connectivity index (χ4v) is 2.42. The number of alkyl halides is 1. The highest BCUT2D eigenvalue weighted by Gasteiger charge is 2.12. The second-order valence-electron chi connectivity index (χ2n) is 3.96. The lowest BCUT2D eigenvalue weighted by Gasteiger charge is -2.11. The molecule has 0 aliphatic carbocycles. The molecule has 0 bridgehead atoms. The summed E-state index contributed by atoms with van der Waals surface area (Å²) in [4.78, 5) is 0. The Morgan fingerprint density at radius 2 is 1.89 bits per heavy atom. The first-order chi connectivity index (χ1) is 8.56. The molecule has 0 aliphatic rings. The molecule has 94 valence electrons. The van der Waals surface area contributed by atoms with E-state index < -0.39 is 11.6 Å². The summed E-state index contributed by atoms with van der Waals surface area (Å²) in [6.45, 7) is 0. The maximum Gasteiger partial charge on any atom is 0.129 e. The molecular formula is C14H10BrClF2. The summed E-state index contributed by atoms with van der Waals surface area (Å²) in [5.41, 5.74) is 1.31. The quantitative estimate of drug-likeness (QED) is 0.674. The average molecular weight is 332 g/mol. The van der Waals surface area contributed by atoms with E-state index in [1.165, 1.54) is 12.1 Å². The molecule has 0 nitrogen and oxygen atoms in total. The van der Waals surface area contributed by atoms with Gasteiger partial charge in [-0.2, -0.15) is 0 Å². The van der Waals surface area contributed by atoms with Crippen LogP contribution in [0.1, 0.15) is 16.5 Å². The van der Waals surface area contributed by atoms with Gasteiger partial charge in [0, 0.05) is 10.5 Å². The molecule has 2 rings (SSSR count). The Labute approximate surface area is 118 Å². The van der Waals surface area contributed by atoms with Crippen LogP contribution in [0.2, 0.25) is 0 Å². The summed E-state index contributed by atoms with van der Waals surface area (Å²) in [5, 5.41) is -0.345. The smallest absolute Gasteiger partial charge is 0.129 e. The molecule has 4 heteroatoms. The summed E-state index contributed by atoms with van der Waals surface area (Å²) in [6.07, 6.45) is 0.324. The normalized spacial score (nSPS) is 12.4. The van der Waals surface area contributed by atoms with Gasteiger partial charge in [-0.3, -0.25) is 0 Å².